The van der Waals surface area contributed by atoms with Crippen LogP contribution in [0.4, 0.5) is 5.69 Å². The molecule has 1 saturated carbocycles. The number of benzene rings is 2. The van der Waals surface area contributed by atoms with Gasteiger partial charge in [0, 0.05) is 43.8 Å². The van der Waals surface area contributed by atoms with Crippen LogP contribution < -0.4 is 10.2 Å². The summed E-state index contributed by atoms with van der Waals surface area (Å²) in [5.74, 6) is 0.801. The number of amides is 1. The zero-order valence-corrected chi connectivity index (χ0v) is 14.5. The molecule has 1 aliphatic carbocycles. The molecule has 1 amide bonds. The molecule has 2 aromatic rings. The van der Waals surface area contributed by atoms with Crippen molar-refractivity contribution in [3.05, 3.63) is 66.2 Å². The van der Waals surface area contributed by atoms with E-state index >= 15 is 0 Å². The second-order valence-corrected chi connectivity index (χ2v) is 6.94. The highest BCUT2D eigenvalue weighted by Crippen LogP contribution is 2.40. The summed E-state index contributed by atoms with van der Waals surface area (Å²) in [4.78, 5) is 16.8. The third kappa shape index (κ3) is 3.85. The molecule has 0 radical (unpaired) electrons. The number of carbonyl (C=O) groups excluding carboxylic acids is 1. The Bertz CT molecular complexity index is 696. The fraction of sp³-hybridized carbons (Fsp3) is 0.381. The Morgan fingerprint density at radius 2 is 1.56 bits per heavy atom. The fourth-order valence-corrected chi connectivity index (χ4v) is 3.67. The first-order chi connectivity index (χ1) is 12.3. The summed E-state index contributed by atoms with van der Waals surface area (Å²) in [7, 11) is 0. The van der Waals surface area contributed by atoms with E-state index in [1.54, 1.807) is 0 Å². The number of nitrogens with zero attached hydrogens (tertiary/aromatic N) is 2. The predicted octanol–water partition coefficient (Wildman–Crippen LogP) is 2.48. The molecule has 4 nitrogen and oxygen atoms in total. The van der Waals surface area contributed by atoms with E-state index in [-0.39, 0.29) is 5.91 Å². The zero-order valence-electron chi connectivity index (χ0n) is 14.5. The number of hydrogen-bond donors (Lipinski definition) is 1. The highest BCUT2D eigenvalue weighted by atomic mass is 16.2. The summed E-state index contributed by atoms with van der Waals surface area (Å²) < 4.78 is 0. The summed E-state index contributed by atoms with van der Waals surface area (Å²) in [6, 6.07) is 21.5. The molecule has 2 fully saturated rings. The normalized spacial score (nSPS) is 22.7. The van der Waals surface area contributed by atoms with Crippen molar-refractivity contribution in [1.29, 1.82) is 0 Å². The molecule has 0 spiro atoms. The van der Waals surface area contributed by atoms with Gasteiger partial charge in [0.05, 0.1) is 6.54 Å². The van der Waals surface area contributed by atoms with Crippen LogP contribution in [0.2, 0.25) is 0 Å². The zero-order chi connectivity index (χ0) is 17.1. The van der Waals surface area contributed by atoms with E-state index in [4.69, 9.17) is 0 Å². The number of para-hydroxylation sites is 1. The van der Waals surface area contributed by atoms with Crippen molar-refractivity contribution in [2.45, 2.75) is 18.4 Å². The van der Waals surface area contributed by atoms with Crippen molar-refractivity contribution in [2.24, 2.45) is 0 Å². The van der Waals surface area contributed by atoms with Crippen molar-refractivity contribution in [1.82, 2.24) is 10.2 Å². The molecular weight excluding hydrogens is 310 g/mol. The molecular formula is C21H25N3O. The molecule has 25 heavy (non-hydrogen) atoms. The van der Waals surface area contributed by atoms with Crippen LogP contribution in [0, 0.1) is 0 Å². The second kappa shape index (κ2) is 7.28. The van der Waals surface area contributed by atoms with Crippen LogP contribution in [0.15, 0.2) is 60.7 Å². The molecule has 0 aromatic heterocycles. The minimum atomic E-state index is 0.228. The number of nitrogens with one attached hydrogen (secondary N) is 1. The van der Waals surface area contributed by atoms with Gasteiger partial charge in [-0.05, 0) is 24.1 Å². The monoisotopic (exact) mass is 335 g/mol. The molecule has 130 valence electrons. The molecule has 4 rings (SSSR count). The molecule has 2 aliphatic rings. The van der Waals surface area contributed by atoms with Gasteiger partial charge in [0.25, 0.3) is 0 Å². The quantitative estimate of drug-likeness (QED) is 0.912. The van der Waals surface area contributed by atoms with Gasteiger partial charge in [-0.15, -0.1) is 0 Å². The highest BCUT2D eigenvalue weighted by molar-refractivity contribution is 5.78. The first-order valence-electron chi connectivity index (χ1n) is 9.17. The second-order valence-electron chi connectivity index (χ2n) is 6.94. The minimum absolute atomic E-state index is 0.228. The number of carbonyl (C=O) groups is 1. The van der Waals surface area contributed by atoms with Gasteiger partial charge in [0.2, 0.25) is 5.91 Å². The van der Waals surface area contributed by atoms with Gasteiger partial charge in [-0.3, -0.25) is 4.79 Å². The SMILES string of the molecule is O=C(CN[C@H]1C[C@@H]1c1ccccc1)N1CCN(c2ccccc2)CC1. The van der Waals surface area contributed by atoms with Crippen molar-refractivity contribution in [2.75, 3.05) is 37.6 Å². The first kappa shape index (κ1) is 16.2. The maximum atomic E-state index is 12.5. The summed E-state index contributed by atoms with van der Waals surface area (Å²) in [5, 5.41) is 3.44. The maximum absolute atomic E-state index is 12.5. The molecule has 1 N–H and O–H groups in total. The molecule has 0 bridgehead atoms. The molecule has 1 saturated heterocycles. The topological polar surface area (TPSA) is 35.6 Å². The van der Waals surface area contributed by atoms with E-state index in [9.17, 15) is 4.79 Å². The lowest BCUT2D eigenvalue weighted by Crippen LogP contribution is -2.51. The van der Waals surface area contributed by atoms with Crippen LogP contribution in [0.1, 0.15) is 17.9 Å². The predicted molar refractivity (Wildman–Crippen MR) is 101 cm³/mol. The third-order valence-electron chi connectivity index (χ3n) is 5.29. The largest absolute Gasteiger partial charge is 0.368 e. The Labute approximate surface area is 149 Å². The van der Waals surface area contributed by atoms with Crippen LogP contribution in [0.25, 0.3) is 0 Å². The first-order valence-corrected chi connectivity index (χ1v) is 9.17. The standard InChI is InChI=1S/C21H25N3O/c25-21(16-22-20-15-19(20)17-7-3-1-4-8-17)24-13-11-23(12-14-24)18-9-5-2-6-10-18/h1-10,19-20,22H,11-16H2/t19-,20+/m1/s1. The summed E-state index contributed by atoms with van der Waals surface area (Å²) >= 11 is 0. The van der Waals surface area contributed by atoms with E-state index in [2.05, 4.69) is 58.7 Å². The third-order valence-corrected chi connectivity index (χ3v) is 5.29. The van der Waals surface area contributed by atoms with Gasteiger partial charge in [0.15, 0.2) is 0 Å². The molecule has 2 aromatic carbocycles. The summed E-state index contributed by atoms with van der Waals surface area (Å²) in [5.41, 5.74) is 2.63. The van der Waals surface area contributed by atoms with Crippen LogP contribution in [-0.4, -0.2) is 49.6 Å². The Hall–Kier alpha value is -2.33. The van der Waals surface area contributed by atoms with Crippen molar-refractivity contribution in [3.8, 4) is 0 Å². The van der Waals surface area contributed by atoms with Gasteiger partial charge in [-0.25, -0.2) is 0 Å². The average Bonchev–Trinajstić information content (AvgIpc) is 3.47. The Kier molecular flexibility index (Phi) is 4.70. The smallest absolute Gasteiger partial charge is 0.236 e. The van der Waals surface area contributed by atoms with Crippen LogP contribution in [0.5, 0.6) is 0 Å². The van der Waals surface area contributed by atoms with Crippen LogP contribution in [-0.2, 0) is 4.79 Å². The average molecular weight is 335 g/mol. The Morgan fingerprint density at radius 3 is 2.24 bits per heavy atom. The molecule has 1 aliphatic heterocycles. The highest BCUT2D eigenvalue weighted by Gasteiger charge is 2.38. The number of rotatable bonds is 5. The minimum Gasteiger partial charge on any atom is -0.368 e. The summed E-state index contributed by atoms with van der Waals surface area (Å²) in [6.45, 7) is 3.89. The molecule has 0 unspecified atom stereocenters. The number of hydrogen-bond acceptors (Lipinski definition) is 3. The van der Waals surface area contributed by atoms with Crippen molar-refractivity contribution >= 4 is 11.6 Å². The number of anilines is 1. The maximum Gasteiger partial charge on any atom is 0.236 e. The van der Waals surface area contributed by atoms with E-state index in [0.29, 0.717) is 18.5 Å². The van der Waals surface area contributed by atoms with E-state index in [1.165, 1.54) is 11.3 Å². The lowest BCUT2D eigenvalue weighted by Gasteiger charge is -2.36. The summed E-state index contributed by atoms with van der Waals surface area (Å²) in [6.07, 6.45) is 1.14. The molecule has 1 heterocycles. The van der Waals surface area contributed by atoms with Crippen molar-refractivity contribution in [3.63, 3.8) is 0 Å². The number of piperazine rings is 1. The lowest BCUT2D eigenvalue weighted by molar-refractivity contribution is -0.130. The van der Waals surface area contributed by atoms with Crippen molar-refractivity contribution < 1.29 is 4.79 Å². The van der Waals surface area contributed by atoms with Gasteiger partial charge in [-0.2, -0.15) is 0 Å². The van der Waals surface area contributed by atoms with Gasteiger partial charge in [0.1, 0.15) is 0 Å². The van der Waals surface area contributed by atoms with Crippen LogP contribution in [0.3, 0.4) is 0 Å². The van der Waals surface area contributed by atoms with Gasteiger partial charge >= 0.3 is 0 Å². The van der Waals surface area contributed by atoms with Gasteiger partial charge < -0.3 is 15.1 Å². The lowest BCUT2D eigenvalue weighted by atomic mass is 10.1. The Morgan fingerprint density at radius 1 is 0.920 bits per heavy atom. The van der Waals surface area contributed by atoms with Gasteiger partial charge in [-0.1, -0.05) is 48.5 Å². The molecule has 4 heteroatoms. The molecule has 2 atom stereocenters. The van der Waals surface area contributed by atoms with E-state index in [0.717, 1.165) is 32.6 Å². The van der Waals surface area contributed by atoms with E-state index in [1.807, 2.05) is 17.0 Å². The van der Waals surface area contributed by atoms with E-state index < -0.39 is 0 Å². The Balaban J connectivity index is 1.21. The fourth-order valence-electron chi connectivity index (χ4n) is 3.67. The van der Waals surface area contributed by atoms with Crippen LogP contribution >= 0.6 is 0 Å².